The molecular weight excluding hydrogens is 469 g/mol. The third-order valence-electron chi connectivity index (χ3n) is 4.40. The van der Waals surface area contributed by atoms with Crippen molar-refractivity contribution in [3.8, 4) is 5.69 Å². The maximum absolute atomic E-state index is 13.0. The van der Waals surface area contributed by atoms with E-state index in [9.17, 15) is 26.4 Å². The molecule has 1 heterocycles. The van der Waals surface area contributed by atoms with Crippen molar-refractivity contribution < 1.29 is 26.4 Å². The molecule has 0 fully saturated rings. The summed E-state index contributed by atoms with van der Waals surface area (Å²) in [4.78, 5) is 11.6. The molecule has 1 amide bonds. The number of nitrogens with one attached hydrogen (secondary N) is 2. The van der Waals surface area contributed by atoms with Crippen LogP contribution in [0.5, 0.6) is 0 Å². The number of aromatic nitrogens is 2. The van der Waals surface area contributed by atoms with E-state index in [2.05, 4.69) is 15.1 Å². The lowest BCUT2D eigenvalue weighted by Crippen LogP contribution is -2.28. The molecule has 2 N–H and O–H groups in total. The second-order valence-electron chi connectivity index (χ2n) is 6.77. The predicted molar refractivity (Wildman–Crippen MR) is 113 cm³/mol. The number of benzene rings is 2. The topological polar surface area (TPSA) is 93.1 Å². The van der Waals surface area contributed by atoms with Gasteiger partial charge in [0.15, 0.2) is 0 Å². The monoisotopic (exact) mass is 486 g/mol. The van der Waals surface area contributed by atoms with Gasteiger partial charge in [0.1, 0.15) is 0 Å². The molecule has 170 valence electrons. The number of hydrogen-bond acceptors (Lipinski definition) is 4. The van der Waals surface area contributed by atoms with Gasteiger partial charge in [-0.1, -0.05) is 17.7 Å². The zero-order valence-electron chi connectivity index (χ0n) is 16.6. The number of sulfonamides is 1. The summed E-state index contributed by atoms with van der Waals surface area (Å²) >= 11 is 5.51. The molecule has 0 bridgehead atoms. The van der Waals surface area contributed by atoms with Crippen molar-refractivity contribution in [1.29, 1.82) is 0 Å². The highest BCUT2D eigenvalue weighted by atomic mass is 35.5. The summed E-state index contributed by atoms with van der Waals surface area (Å²) in [6.45, 7) is 1.57. The molecule has 0 aliphatic rings. The number of aryl methyl sites for hydroxylation is 1. The number of hydrogen-bond donors (Lipinski definition) is 2. The Morgan fingerprint density at radius 2 is 1.91 bits per heavy atom. The summed E-state index contributed by atoms with van der Waals surface area (Å²) in [6, 6.07) is 11.0. The molecule has 3 rings (SSSR count). The minimum absolute atomic E-state index is 0.232. The van der Waals surface area contributed by atoms with Gasteiger partial charge in [0.05, 0.1) is 21.2 Å². The number of halogens is 4. The highest BCUT2D eigenvalue weighted by Gasteiger charge is 2.34. The van der Waals surface area contributed by atoms with E-state index in [0.29, 0.717) is 11.8 Å². The van der Waals surface area contributed by atoms with Crippen LogP contribution >= 0.6 is 11.6 Å². The van der Waals surface area contributed by atoms with E-state index in [1.165, 1.54) is 0 Å². The largest absolute Gasteiger partial charge is 0.417 e. The first kappa shape index (κ1) is 23.8. The zero-order chi connectivity index (χ0) is 23.5. The van der Waals surface area contributed by atoms with Gasteiger partial charge in [-0.2, -0.15) is 18.3 Å². The first-order valence-corrected chi connectivity index (χ1v) is 11.1. The predicted octanol–water partition coefficient (Wildman–Crippen LogP) is 4.16. The Morgan fingerprint density at radius 3 is 2.56 bits per heavy atom. The molecule has 32 heavy (non-hydrogen) atoms. The minimum atomic E-state index is -4.80. The third kappa shape index (κ3) is 5.67. The Labute approximate surface area is 187 Å². The fourth-order valence-electron chi connectivity index (χ4n) is 2.85. The van der Waals surface area contributed by atoms with Gasteiger partial charge >= 0.3 is 6.18 Å². The number of rotatable bonds is 7. The highest BCUT2D eigenvalue weighted by molar-refractivity contribution is 7.89. The van der Waals surface area contributed by atoms with Crippen molar-refractivity contribution in [2.24, 2.45) is 0 Å². The van der Waals surface area contributed by atoms with Crippen LogP contribution in [0.25, 0.3) is 5.69 Å². The van der Waals surface area contributed by atoms with E-state index in [-0.39, 0.29) is 13.0 Å². The van der Waals surface area contributed by atoms with Gasteiger partial charge in [0, 0.05) is 30.5 Å². The van der Waals surface area contributed by atoms with Crippen molar-refractivity contribution in [3.63, 3.8) is 0 Å². The van der Waals surface area contributed by atoms with E-state index < -0.39 is 37.6 Å². The van der Waals surface area contributed by atoms with Crippen molar-refractivity contribution >= 4 is 33.2 Å². The summed E-state index contributed by atoms with van der Waals surface area (Å²) < 4.78 is 67.3. The Hall–Kier alpha value is -2.89. The van der Waals surface area contributed by atoms with Gasteiger partial charge in [0.2, 0.25) is 15.9 Å². The lowest BCUT2D eigenvalue weighted by Gasteiger charge is -2.12. The van der Waals surface area contributed by atoms with Gasteiger partial charge in [-0.15, -0.1) is 0 Å². The number of nitrogens with zero attached hydrogens (tertiary/aromatic N) is 2. The number of alkyl halides is 3. The van der Waals surface area contributed by atoms with Crippen LogP contribution in [0.1, 0.15) is 17.7 Å². The average Bonchev–Trinajstić information content (AvgIpc) is 3.13. The molecule has 0 unspecified atom stereocenters. The van der Waals surface area contributed by atoms with Crippen LogP contribution in [-0.2, 0) is 21.0 Å². The fourth-order valence-corrected chi connectivity index (χ4v) is 4.13. The standard InChI is InChI=1S/C20H18ClF3N4O3S/c1-13-7-9-25-28(13)15-4-2-3-14(11-15)27-19(29)8-10-26-32(30,31)16-5-6-18(21)17(12-16)20(22,23)24/h2-7,9,11-12,26H,8,10H2,1H3,(H,27,29). The Kier molecular flexibility index (Phi) is 6.91. The van der Waals surface area contributed by atoms with Gasteiger partial charge in [-0.05, 0) is 49.4 Å². The lowest BCUT2D eigenvalue weighted by molar-refractivity contribution is -0.137. The first-order valence-electron chi connectivity index (χ1n) is 9.25. The van der Waals surface area contributed by atoms with E-state index in [4.69, 9.17) is 11.6 Å². The number of amides is 1. The molecule has 12 heteroatoms. The molecule has 3 aromatic rings. The second-order valence-corrected chi connectivity index (χ2v) is 8.94. The molecule has 0 saturated heterocycles. The normalized spacial score (nSPS) is 12.0. The molecule has 0 aliphatic heterocycles. The molecule has 0 radical (unpaired) electrons. The summed E-state index contributed by atoms with van der Waals surface area (Å²) in [5, 5.41) is 6.22. The summed E-state index contributed by atoms with van der Waals surface area (Å²) in [6.07, 6.45) is -3.39. The number of anilines is 1. The molecule has 0 spiro atoms. The second kappa shape index (κ2) is 9.31. The summed E-state index contributed by atoms with van der Waals surface area (Å²) in [5.41, 5.74) is 0.859. The molecule has 1 aromatic heterocycles. The van der Waals surface area contributed by atoms with Gasteiger partial charge in [0.25, 0.3) is 0 Å². The van der Waals surface area contributed by atoms with Crippen LogP contribution in [0.4, 0.5) is 18.9 Å². The molecule has 0 aliphatic carbocycles. The molecule has 0 atom stereocenters. The van der Waals surface area contributed by atoms with E-state index in [1.807, 2.05) is 19.1 Å². The van der Waals surface area contributed by atoms with E-state index in [0.717, 1.165) is 23.5 Å². The van der Waals surface area contributed by atoms with Crippen LogP contribution in [0.15, 0.2) is 59.6 Å². The molecular formula is C20H18ClF3N4O3S. The van der Waals surface area contributed by atoms with Crippen LogP contribution in [0.3, 0.4) is 0 Å². The molecule has 7 nitrogen and oxygen atoms in total. The van der Waals surface area contributed by atoms with E-state index in [1.54, 1.807) is 29.1 Å². The van der Waals surface area contributed by atoms with Crippen LogP contribution in [0.2, 0.25) is 5.02 Å². The Bertz CT molecular complexity index is 1240. The highest BCUT2D eigenvalue weighted by Crippen LogP contribution is 2.35. The maximum Gasteiger partial charge on any atom is 0.417 e. The Balaban J connectivity index is 1.61. The zero-order valence-corrected chi connectivity index (χ0v) is 18.2. The van der Waals surface area contributed by atoms with Crippen molar-refractivity contribution in [2.75, 3.05) is 11.9 Å². The van der Waals surface area contributed by atoms with Crippen molar-refractivity contribution in [3.05, 3.63) is 71.0 Å². The SMILES string of the molecule is Cc1ccnn1-c1cccc(NC(=O)CCNS(=O)(=O)c2ccc(Cl)c(C(F)(F)F)c2)c1. The lowest BCUT2D eigenvalue weighted by atomic mass is 10.2. The van der Waals surface area contributed by atoms with Gasteiger partial charge < -0.3 is 5.32 Å². The van der Waals surface area contributed by atoms with Crippen LogP contribution in [-0.4, -0.2) is 30.7 Å². The molecule has 2 aromatic carbocycles. The van der Waals surface area contributed by atoms with Gasteiger partial charge in [-0.25, -0.2) is 17.8 Å². The van der Waals surface area contributed by atoms with Gasteiger partial charge in [-0.3, -0.25) is 4.79 Å². The summed E-state index contributed by atoms with van der Waals surface area (Å²) in [5.74, 6) is -0.478. The third-order valence-corrected chi connectivity index (χ3v) is 6.19. The minimum Gasteiger partial charge on any atom is -0.326 e. The summed E-state index contributed by atoms with van der Waals surface area (Å²) in [7, 11) is -4.27. The smallest absolute Gasteiger partial charge is 0.326 e. The first-order chi connectivity index (χ1) is 15.0. The van der Waals surface area contributed by atoms with Crippen LogP contribution in [0, 0.1) is 6.92 Å². The van der Waals surface area contributed by atoms with Crippen molar-refractivity contribution in [2.45, 2.75) is 24.4 Å². The fraction of sp³-hybridized carbons (Fsp3) is 0.200. The molecule has 0 saturated carbocycles. The maximum atomic E-state index is 13.0. The van der Waals surface area contributed by atoms with E-state index >= 15 is 0 Å². The number of carbonyl (C=O) groups excluding carboxylic acids is 1. The number of carbonyl (C=O) groups is 1. The Morgan fingerprint density at radius 1 is 1.16 bits per heavy atom. The van der Waals surface area contributed by atoms with Crippen LogP contribution < -0.4 is 10.0 Å². The van der Waals surface area contributed by atoms with Crippen molar-refractivity contribution in [1.82, 2.24) is 14.5 Å². The average molecular weight is 487 g/mol. The quantitative estimate of drug-likeness (QED) is 0.524.